The number of methoxy groups -OCH3 is 1. The second kappa shape index (κ2) is 9.48. The average Bonchev–Trinajstić information content (AvgIpc) is 3.15. The average molecular weight is 465 g/mol. The topological polar surface area (TPSA) is 81.5 Å². The minimum Gasteiger partial charge on any atom is -0.497 e. The molecule has 0 radical (unpaired) electrons. The van der Waals surface area contributed by atoms with Gasteiger partial charge in [0.2, 0.25) is 5.76 Å². The van der Waals surface area contributed by atoms with Crippen molar-refractivity contribution in [1.82, 2.24) is 9.80 Å². The van der Waals surface area contributed by atoms with Gasteiger partial charge in [-0.1, -0.05) is 12.1 Å². The zero-order valence-corrected chi connectivity index (χ0v) is 19.4. The maximum absolute atomic E-state index is 13.7. The Morgan fingerprint density at radius 2 is 1.74 bits per heavy atom. The first-order chi connectivity index (χ1) is 16.6. The first-order valence-electron chi connectivity index (χ1n) is 11.6. The van der Waals surface area contributed by atoms with Crippen LogP contribution in [0.15, 0.2) is 51.7 Å². The van der Waals surface area contributed by atoms with E-state index in [1.807, 2.05) is 31.2 Å². The number of amides is 1. The Balaban J connectivity index is 1.58. The molecule has 1 saturated heterocycles. The zero-order chi connectivity index (χ0) is 23.7. The third-order valence-electron chi connectivity index (χ3n) is 6.44. The SMILES string of the molecule is CCOc1ccc2c(=O)c3c(oc2c1)C(=O)N(CCN1CCOCC1)C3c1ccc(OC)cc1. The van der Waals surface area contributed by atoms with Gasteiger partial charge in [-0.05, 0) is 36.8 Å². The Morgan fingerprint density at radius 1 is 1.00 bits per heavy atom. The standard InChI is InChI=1S/C26H28N2O6/c1-3-33-19-8-9-20-21(16-19)34-25-22(24(20)29)23(17-4-6-18(31-2)7-5-17)28(26(25)30)11-10-27-12-14-32-15-13-27/h4-9,16,23H,3,10-15H2,1-2H3. The molecule has 1 atom stereocenters. The van der Waals surface area contributed by atoms with Gasteiger partial charge in [0.05, 0.1) is 43.9 Å². The molecular formula is C26H28N2O6. The highest BCUT2D eigenvalue weighted by molar-refractivity contribution is 5.99. The normalized spacial score (nSPS) is 18.4. The molecule has 0 N–H and O–H groups in total. The third kappa shape index (κ3) is 4.03. The lowest BCUT2D eigenvalue weighted by molar-refractivity contribution is 0.0314. The van der Waals surface area contributed by atoms with Crippen molar-refractivity contribution in [1.29, 1.82) is 0 Å². The van der Waals surface area contributed by atoms with E-state index in [1.54, 1.807) is 30.2 Å². The molecule has 2 aliphatic heterocycles. The first-order valence-corrected chi connectivity index (χ1v) is 11.6. The Hall–Kier alpha value is -3.36. The lowest BCUT2D eigenvalue weighted by atomic mass is 9.98. The van der Waals surface area contributed by atoms with Gasteiger partial charge in [-0.25, -0.2) is 0 Å². The van der Waals surface area contributed by atoms with Crippen molar-refractivity contribution in [3.63, 3.8) is 0 Å². The molecule has 0 bridgehead atoms. The summed E-state index contributed by atoms with van der Waals surface area (Å²) < 4.78 is 22.4. The Labute approximate surface area is 197 Å². The third-order valence-corrected chi connectivity index (χ3v) is 6.44. The Morgan fingerprint density at radius 3 is 2.44 bits per heavy atom. The van der Waals surface area contributed by atoms with Crippen LogP contribution in [-0.4, -0.2) is 68.8 Å². The molecule has 1 unspecified atom stereocenters. The number of ether oxygens (including phenoxy) is 3. The van der Waals surface area contributed by atoms with E-state index >= 15 is 0 Å². The minimum atomic E-state index is -0.526. The van der Waals surface area contributed by atoms with E-state index in [2.05, 4.69) is 4.90 Å². The molecule has 3 heterocycles. The monoisotopic (exact) mass is 464 g/mol. The summed E-state index contributed by atoms with van der Waals surface area (Å²) in [6, 6.07) is 12.1. The van der Waals surface area contributed by atoms with Gasteiger partial charge in [-0.15, -0.1) is 0 Å². The predicted molar refractivity (Wildman–Crippen MR) is 127 cm³/mol. The molecule has 0 saturated carbocycles. The predicted octanol–water partition coefficient (Wildman–Crippen LogP) is 3.08. The quantitative estimate of drug-likeness (QED) is 0.532. The summed E-state index contributed by atoms with van der Waals surface area (Å²) >= 11 is 0. The molecule has 3 aromatic rings. The van der Waals surface area contributed by atoms with Gasteiger partial charge < -0.3 is 23.5 Å². The Bertz CT molecular complexity index is 1250. The van der Waals surface area contributed by atoms with Gasteiger partial charge in [0.15, 0.2) is 5.43 Å². The summed E-state index contributed by atoms with van der Waals surface area (Å²) in [6.45, 7) is 6.56. The molecule has 2 aromatic carbocycles. The van der Waals surface area contributed by atoms with E-state index in [1.165, 1.54) is 0 Å². The van der Waals surface area contributed by atoms with Crippen LogP contribution < -0.4 is 14.9 Å². The van der Waals surface area contributed by atoms with Crippen LogP contribution >= 0.6 is 0 Å². The fourth-order valence-corrected chi connectivity index (χ4v) is 4.69. The molecule has 1 amide bonds. The summed E-state index contributed by atoms with van der Waals surface area (Å²) in [6.07, 6.45) is 0. The van der Waals surface area contributed by atoms with Crippen LogP contribution in [-0.2, 0) is 4.74 Å². The summed E-state index contributed by atoms with van der Waals surface area (Å²) in [5, 5.41) is 0.434. The number of hydrogen-bond acceptors (Lipinski definition) is 7. The highest BCUT2D eigenvalue weighted by Crippen LogP contribution is 2.38. The molecule has 0 aliphatic carbocycles. The maximum Gasteiger partial charge on any atom is 0.290 e. The van der Waals surface area contributed by atoms with Gasteiger partial charge >= 0.3 is 0 Å². The molecule has 5 rings (SSSR count). The van der Waals surface area contributed by atoms with E-state index < -0.39 is 6.04 Å². The van der Waals surface area contributed by atoms with Crippen molar-refractivity contribution in [3.8, 4) is 11.5 Å². The molecule has 8 nitrogen and oxygen atoms in total. The van der Waals surface area contributed by atoms with Crippen LogP contribution in [0, 0.1) is 0 Å². The maximum atomic E-state index is 13.7. The van der Waals surface area contributed by atoms with Crippen LogP contribution in [0.1, 0.15) is 34.6 Å². The molecule has 1 aromatic heterocycles. The molecular weight excluding hydrogens is 436 g/mol. The minimum absolute atomic E-state index is 0.106. The van der Waals surface area contributed by atoms with Crippen LogP contribution in [0.3, 0.4) is 0 Å². The van der Waals surface area contributed by atoms with Gasteiger partial charge in [-0.2, -0.15) is 0 Å². The number of hydrogen-bond donors (Lipinski definition) is 0. The number of morpholine rings is 1. The van der Waals surface area contributed by atoms with Gasteiger partial charge in [0, 0.05) is 32.2 Å². The number of carbonyl (C=O) groups excluding carboxylic acids is 1. The van der Waals surface area contributed by atoms with Crippen molar-refractivity contribution in [2.75, 3.05) is 53.1 Å². The molecule has 8 heteroatoms. The smallest absolute Gasteiger partial charge is 0.290 e. The molecule has 34 heavy (non-hydrogen) atoms. The van der Waals surface area contributed by atoms with Gasteiger partial charge in [-0.3, -0.25) is 14.5 Å². The van der Waals surface area contributed by atoms with E-state index in [9.17, 15) is 9.59 Å². The van der Waals surface area contributed by atoms with E-state index in [-0.39, 0.29) is 17.1 Å². The van der Waals surface area contributed by atoms with Crippen LogP contribution in [0.2, 0.25) is 0 Å². The van der Waals surface area contributed by atoms with Crippen molar-refractivity contribution >= 4 is 16.9 Å². The van der Waals surface area contributed by atoms with E-state index in [0.717, 1.165) is 18.7 Å². The highest BCUT2D eigenvalue weighted by Gasteiger charge is 2.42. The van der Waals surface area contributed by atoms with Crippen molar-refractivity contribution < 1.29 is 23.4 Å². The van der Waals surface area contributed by atoms with Gasteiger partial charge in [0.25, 0.3) is 5.91 Å². The molecule has 2 aliphatic rings. The second-order valence-corrected chi connectivity index (χ2v) is 8.39. The number of carbonyl (C=O) groups is 1. The highest BCUT2D eigenvalue weighted by atomic mass is 16.5. The first kappa shape index (κ1) is 22.4. The number of fused-ring (bicyclic) bond motifs is 2. The summed E-state index contributed by atoms with van der Waals surface area (Å²) in [7, 11) is 1.61. The summed E-state index contributed by atoms with van der Waals surface area (Å²) in [4.78, 5) is 31.3. The fourth-order valence-electron chi connectivity index (χ4n) is 4.69. The molecule has 1 fully saturated rings. The molecule has 178 valence electrons. The van der Waals surface area contributed by atoms with E-state index in [0.29, 0.717) is 60.9 Å². The van der Waals surface area contributed by atoms with Crippen molar-refractivity contribution in [3.05, 3.63) is 69.6 Å². The second-order valence-electron chi connectivity index (χ2n) is 8.39. The van der Waals surface area contributed by atoms with Gasteiger partial charge in [0.1, 0.15) is 17.1 Å². The lowest BCUT2D eigenvalue weighted by Crippen LogP contribution is -2.42. The van der Waals surface area contributed by atoms with Crippen molar-refractivity contribution in [2.45, 2.75) is 13.0 Å². The Kier molecular flexibility index (Phi) is 6.26. The van der Waals surface area contributed by atoms with Crippen LogP contribution in [0.25, 0.3) is 11.0 Å². The summed E-state index contributed by atoms with van der Waals surface area (Å²) in [5.74, 6) is 1.14. The van der Waals surface area contributed by atoms with E-state index in [4.69, 9.17) is 18.6 Å². The molecule has 0 spiro atoms. The number of nitrogens with zero attached hydrogens (tertiary/aromatic N) is 2. The largest absolute Gasteiger partial charge is 0.497 e. The lowest BCUT2D eigenvalue weighted by Gasteiger charge is -2.31. The summed E-state index contributed by atoms with van der Waals surface area (Å²) in [5.41, 5.74) is 1.38. The zero-order valence-electron chi connectivity index (χ0n) is 19.4. The fraction of sp³-hybridized carbons (Fsp3) is 0.385. The number of rotatable bonds is 7. The number of benzene rings is 2. The van der Waals surface area contributed by atoms with Crippen LogP contribution in [0.4, 0.5) is 0 Å². The van der Waals surface area contributed by atoms with Crippen molar-refractivity contribution in [2.24, 2.45) is 0 Å². The van der Waals surface area contributed by atoms with Crippen LogP contribution in [0.5, 0.6) is 11.5 Å².